The Morgan fingerprint density at radius 2 is 0.774 bits per heavy atom. The molecule has 6 aromatic carbocycles. The molecule has 0 bridgehead atoms. The van der Waals surface area contributed by atoms with Crippen molar-refractivity contribution in [3.05, 3.63) is 96.1 Å². The maximum atomic E-state index is 12.3. The fourth-order valence-electron chi connectivity index (χ4n) is 5.81. The smallest absolute Gasteiger partial charge is 0.337 e. The number of nitrogens with zero attached hydrogens (tertiary/aromatic N) is 4. The van der Waals surface area contributed by atoms with Crippen molar-refractivity contribution in [1.29, 1.82) is 0 Å². The second kappa shape index (κ2) is 16.0. The van der Waals surface area contributed by atoms with Gasteiger partial charge in [0.2, 0.25) is 0 Å². The lowest BCUT2D eigenvalue weighted by Crippen LogP contribution is -2.03. The summed E-state index contributed by atoms with van der Waals surface area (Å²) in [7, 11) is -19.5. The summed E-state index contributed by atoms with van der Waals surface area (Å²) in [5.41, 5.74) is 9.72. The maximum absolute atomic E-state index is 12.3. The van der Waals surface area contributed by atoms with E-state index >= 15 is 0 Å². The van der Waals surface area contributed by atoms with Crippen molar-refractivity contribution in [3.8, 4) is 22.6 Å². The molecule has 322 valence electrons. The molecule has 0 atom stereocenters. The zero-order chi connectivity index (χ0) is 45.7. The van der Waals surface area contributed by atoms with Crippen LogP contribution in [0.3, 0.4) is 0 Å². The van der Waals surface area contributed by atoms with Gasteiger partial charge < -0.3 is 31.4 Å². The van der Waals surface area contributed by atoms with Crippen molar-refractivity contribution in [2.75, 3.05) is 11.5 Å². The molecule has 10 N–H and O–H groups in total. The molecular formula is C34H24N6O18S4. The minimum Gasteiger partial charge on any atom is -0.478 e. The highest BCUT2D eigenvalue weighted by Crippen LogP contribution is 2.39. The van der Waals surface area contributed by atoms with E-state index in [9.17, 15) is 71.7 Å². The van der Waals surface area contributed by atoms with Gasteiger partial charge in [-0.25, -0.2) is 9.59 Å². The number of aromatic carboxylic acids is 2. The number of benzene rings is 6. The molecule has 0 saturated heterocycles. The number of nitrogens with two attached hydrogens (primary N) is 2. The molecule has 0 saturated carbocycles. The minimum atomic E-state index is -4.94. The van der Waals surface area contributed by atoms with Gasteiger partial charge >= 0.3 is 11.9 Å². The SMILES string of the molecule is Nc1cc(S(=O)(=O)O)cc2cc(S(=O)(=O)O)cc(ON=Nc3ccc(-c4ccc(N=NOc5cc(S(=O)(=O)O)cc6cc(S(=O)(=O)O)cc(N)c56)c(C(=O)O)c4)cc3C(=O)O)c12. The Hall–Kier alpha value is -7.18. The van der Waals surface area contributed by atoms with E-state index in [0.717, 1.165) is 72.8 Å². The summed E-state index contributed by atoms with van der Waals surface area (Å²) in [4.78, 5) is 32.0. The molecule has 24 nitrogen and oxygen atoms in total. The van der Waals surface area contributed by atoms with Gasteiger partial charge in [-0.05, 0) is 82.6 Å². The van der Waals surface area contributed by atoms with E-state index in [4.69, 9.17) is 21.1 Å². The Morgan fingerprint density at radius 1 is 0.468 bits per heavy atom. The molecular weight excluding hydrogens is 909 g/mol. The Morgan fingerprint density at radius 3 is 1.06 bits per heavy atom. The molecule has 6 rings (SSSR count). The molecule has 0 aliphatic rings. The molecule has 0 spiro atoms. The second-order valence-electron chi connectivity index (χ2n) is 12.6. The lowest BCUT2D eigenvalue weighted by Gasteiger charge is -2.11. The molecule has 0 amide bonds. The summed E-state index contributed by atoms with van der Waals surface area (Å²) in [5, 5.41) is 33.6. The Kier molecular flexibility index (Phi) is 11.5. The average molecular weight is 933 g/mol. The van der Waals surface area contributed by atoms with E-state index < -0.39 is 94.6 Å². The minimum absolute atomic E-state index is 0.118. The van der Waals surface area contributed by atoms with E-state index in [1.54, 1.807) is 0 Å². The van der Waals surface area contributed by atoms with Crippen LogP contribution in [-0.4, -0.2) is 74.0 Å². The van der Waals surface area contributed by atoms with Gasteiger partial charge in [0.25, 0.3) is 40.5 Å². The molecule has 28 heteroatoms. The van der Waals surface area contributed by atoms with E-state index in [1.165, 1.54) is 12.1 Å². The van der Waals surface area contributed by atoms with E-state index in [0.29, 0.717) is 0 Å². The summed E-state index contributed by atoms with van der Waals surface area (Å²) in [5.74, 6) is -4.09. The molecule has 6 aromatic rings. The largest absolute Gasteiger partial charge is 0.478 e. The number of carboxylic acid groups (broad SMARTS) is 2. The monoisotopic (exact) mass is 932 g/mol. The van der Waals surface area contributed by atoms with Crippen LogP contribution in [0, 0.1) is 0 Å². The van der Waals surface area contributed by atoms with Crippen molar-refractivity contribution in [3.63, 3.8) is 0 Å². The zero-order valence-corrected chi connectivity index (χ0v) is 33.5. The fourth-order valence-corrected chi connectivity index (χ4v) is 7.98. The van der Waals surface area contributed by atoms with Crippen LogP contribution >= 0.6 is 0 Å². The first-order valence-electron chi connectivity index (χ1n) is 16.3. The molecule has 0 unspecified atom stereocenters. The quantitative estimate of drug-likeness (QED) is 0.0312. The summed E-state index contributed by atoms with van der Waals surface area (Å²) < 4.78 is 133. The Bertz CT molecular complexity index is 3210. The zero-order valence-electron chi connectivity index (χ0n) is 30.2. The van der Waals surface area contributed by atoms with Crippen LogP contribution in [0.25, 0.3) is 32.7 Å². The fraction of sp³-hybridized carbons (Fsp3) is 0. The van der Waals surface area contributed by atoms with Crippen molar-refractivity contribution >= 4 is 96.7 Å². The molecule has 0 aromatic heterocycles. The molecule has 0 aliphatic carbocycles. The van der Waals surface area contributed by atoms with Gasteiger partial charge in [0, 0.05) is 34.1 Å². The predicted molar refractivity (Wildman–Crippen MR) is 212 cm³/mol. The van der Waals surface area contributed by atoms with Crippen LogP contribution in [0.1, 0.15) is 20.7 Å². The summed E-state index contributed by atoms with van der Waals surface area (Å²) in [6.07, 6.45) is 0. The third-order valence-corrected chi connectivity index (χ3v) is 11.9. The van der Waals surface area contributed by atoms with Crippen molar-refractivity contribution in [2.45, 2.75) is 19.6 Å². The van der Waals surface area contributed by atoms with Crippen LogP contribution in [0.2, 0.25) is 0 Å². The molecule has 0 aliphatic heterocycles. The van der Waals surface area contributed by atoms with Crippen LogP contribution in [-0.2, 0) is 40.5 Å². The van der Waals surface area contributed by atoms with Gasteiger partial charge in [0.05, 0.1) is 41.5 Å². The Balaban J connectivity index is 1.31. The van der Waals surface area contributed by atoms with E-state index in [-0.39, 0.29) is 55.4 Å². The van der Waals surface area contributed by atoms with Crippen LogP contribution in [0.15, 0.2) is 125 Å². The van der Waals surface area contributed by atoms with Crippen LogP contribution in [0.4, 0.5) is 22.7 Å². The highest BCUT2D eigenvalue weighted by Gasteiger charge is 2.23. The standard InChI is InChI=1S/C34H24N6O18S4/c35-25-11-19(59(45,46)47)5-17-7-21(61(51,52)53)13-29(31(17)25)57-39-37-27-3-1-15(9-23(27)33(41)42)16-2-4-28(24(10-16)34(43)44)38-40-58-30-14-22(62(54,55)56)8-18-6-20(60(48,49)50)12-26(36)32(18)30/h1-14H,35-36H2,(H,41,42)(H,43,44)(H,45,46,47)(H,48,49,50)(H,51,52,53)(H,54,55,56). The normalized spacial score (nSPS) is 12.6. The first kappa shape index (κ1) is 44.4. The van der Waals surface area contributed by atoms with E-state index in [1.807, 2.05) is 0 Å². The number of anilines is 2. The van der Waals surface area contributed by atoms with Gasteiger partial charge in [-0.2, -0.15) is 33.7 Å². The lowest BCUT2D eigenvalue weighted by atomic mass is 9.99. The summed E-state index contributed by atoms with van der Waals surface area (Å²) >= 11 is 0. The van der Waals surface area contributed by atoms with Gasteiger partial charge in [-0.1, -0.05) is 12.1 Å². The van der Waals surface area contributed by atoms with Crippen molar-refractivity contribution < 1.29 is 81.4 Å². The molecule has 0 heterocycles. The first-order chi connectivity index (χ1) is 28.7. The lowest BCUT2D eigenvalue weighted by molar-refractivity contribution is 0.0686. The second-order valence-corrected chi connectivity index (χ2v) is 18.3. The van der Waals surface area contributed by atoms with Crippen LogP contribution in [0.5, 0.6) is 11.5 Å². The van der Waals surface area contributed by atoms with E-state index in [2.05, 4.69) is 20.8 Å². The maximum Gasteiger partial charge on any atom is 0.337 e. The van der Waals surface area contributed by atoms with Gasteiger partial charge in [-0.3, -0.25) is 18.2 Å². The molecule has 0 fully saturated rings. The number of rotatable bonds is 13. The van der Waals surface area contributed by atoms with Gasteiger partial charge in [0.15, 0.2) is 11.5 Å². The number of fused-ring (bicyclic) bond motifs is 2. The van der Waals surface area contributed by atoms with Gasteiger partial charge in [-0.15, -0.1) is 10.2 Å². The number of hydrogen-bond donors (Lipinski definition) is 8. The number of carbonyl (C=O) groups is 2. The highest BCUT2D eigenvalue weighted by atomic mass is 32.2. The topological polar surface area (TPSA) is 412 Å². The predicted octanol–water partition coefficient (Wildman–Crippen LogP) is 5.36. The average Bonchev–Trinajstić information content (AvgIpc) is 3.16. The number of nitrogen functional groups attached to an aromatic ring is 2. The highest BCUT2D eigenvalue weighted by molar-refractivity contribution is 7.86. The molecule has 62 heavy (non-hydrogen) atoms. The Labute approximate surface area is 347 Å². The van der Waals surface area contributed by atoms with Crippen molar-refractivity contribution in [2.24, 2.45) is 20.8 Å². The first-order valence-corrected chi connectivity index (χ1v) is 22.0. The van der Waals surface area contributed by atoms with Crippen LogP contribution < -0.4 is 21.1 Å². The summed E-state index contributed by atoms with van der Waals surface area (Å²) in [6, 6.07) is 13.6. The van der Waals surface area contributed by atoms with Crippen molar-refractivity contribution in [1.82, 2.24) is 0 Å². The third-order valence-electron chi connectivity index (χ3n) is 8.53. The summed E-state index contributed by atoms with van der Waals surface area (Å²) in [6.45, 7) is 0. The number of carboxylic acids is 2. The number of hydrogen-bond acceptors (Lipinski definition) is 18. The third kappa shape index (κ3) is 9.40. The molecule has 0 radical (unpaired) electrons. The van der Waals surface area contributed by atoms with Gasteiger partial charge in [0.1, 0.15) is 11.4 Å².